The van der Waals surface area contributed by atoms with E-state index in [1.165, 1.54) is 0 Å². The van der Waals surface area contributed by atoms with Gasteiger partial charge in [0.05, 0.1) is 5.69 Å². The highest BCUT2D eigenvalue weighted by atomic mass is 79.9. The van der Waals surface area contributed by atoms with Gasteiger partial charge in [0, 0.05) is 28.3 Å². The van der Waals surface area contributed by atoms with Gasteiger partial charge >= 0.3 is 6.03 Å². The molecular formula is C24H29BrN4O3. The number of anilines is 2. The molecule has 0 aromatic heterocycles. The number of benzene rings is 2. The maximum Gasteiger partial charge on any atom is 0.329 e. The average molecular weight is 501 g/mol. The lowest BCUT2D eigenvalue weighted by Gasteiger charge is -2.43. The molecular weight excluding hydrogens is 472 g/mol. The fraction of sp³-hybridized carbons (Fsp3) is 0.417. The number of nitrogens with one attached hydrogen (secondary N) is 2. The maximum absolute atomic E-state index is 13.6. The van der Waals surface area contributed by atoms with Gasteiger partial charge in [-0.25, -0.2) is 4.79 Å². The Morgan fingerprint density at radius 3 is 2.75 bits per heavy atom. The number of rotatable bonds is 5. The van der Waals surface area contributed by atoms with Crippen molar-refractivity contribution in [3.63, 3.8) is 0 Å². The minimum Gasteiger partial charge on any atom is -0.359 e. The molecule has 0 spiro atoms. The topological polar surface area (TPSA) is 84.9 Å². The molecule has 4 rings (SSSR count). The number of likely N-dealkylation sites (tertiary alicyclic amines) is 1. The van der Waals surface area contributed by atoms with Crippen LogP contribution in [0.25, 0.3) is 0 Å². The van der Waals surface area contributed by atoms with E-state index in [0.717, 1.165) is 42.0 Å². The van der Waals surface area contributed by atoms with E-state index in [-0.39, 0.29) is 6.04 Å². The van der Waals surface area contributed by atoms with Crippen LogP contribution in [0.5, 0.6) is 0 Å². The van der Waals surface area contributed by atoms with E-state index in [1.807, 2.05) is 26.0 Å². The maximum atomic E-state index is 13.6. The molecule has 1 fully saturated rings. The number of urea groups is 1. The number of carbonyl (C=O) groups is 2. The fourth-order valence-electron chi connectivity index (χ4n) is 4.62. The van der Waals surface area contributed by atoms with Crippen LogP contribution < -0.4 is 15.5 Å². The second kappa shape index (κ2) is 8.84. The predicted molar refractivity (Wildman–Crippen MR) is 129 cm³/mol. The highest BCUT2D eigenvalue weighted by Crippen LogP contribution is 2.41. The second-order valence-electron chi connectivity index (χ2n) is 8.53. The molecule has 0 saturated carbocycles. The Kier molecular flexibility index (Phi) is 6.29. The van der Waals surface area contributed by atoms with Gasteiger partial charge in [0.1, 0.15) is 0 Å². The number of hydrogen-bond donors (Lipinski definition) is 3. The highest BCUT2D eigenvalue weighted by Gasteiger charge is 2.52. The molecule has 170 valence electrons. The molecule has 3 N–H and O–H groups in total. The Bertz CT molecular complexity index is 1060. The number of hydrogen-bond acceptors (Lipinski definition) is 4. The van der Waals surface area contributed by atoms with Crippen molar-refractivity contribution in [3.05, 3.63) is 57.6 Å². The molecule has 2 aromatic rings. The monoisotopic (exact) mass is 500 g/mol. The normalized spacial score (nSPS) is 23.1. The minimum atomic E-state index is -2.20. The summed E-state index contributed by atoms with van der Waals surface area (Å²) in [6.07, 6.45) is 2.08. The summed E-state index contributed by atoms with van der Waals surface area (Å²) < 4.78 is 0.701. The molecule has 32 heavy (non-hydrogen) atoms. The van der Waals surface area contributed by atoms with Gasteiger partial charge in [0.2, 0.25) is 0 Å². The smallest absolute Gasteiger partial charge is 0.329 e. The van der Waals surface area contributed by atoms with E-state index in [2.05, 4.69) is 38.4 Å². The van der Waals surface area contributed by atoms with Crippen molar-refractivity contribution < 1.29 is 14.7 Å². The van der Waals surface area contributed by atoms with Gasteiger partial charge in [-0.1, -0.05) is 28.9 Å². The standard InChI is InChI=1S/C24H29BrN4O3/c1-4-28-11-5-6-19(28)14-26-22(30)24(32)20-13-17(25)8-10-21(20)27-23(31)29(24)18-9-7-15(2)16(3)12-18/h7-10,12-13,19,32H,4-6,11,14H2,1-3H3,(H,26,30)(H,27,31)/t19-,24+/m1/s1. The molecule has 8 heteroatoms. The van der Waals surface area contributed by atoms with Crippen LogP contribution in [0.3, 0.4) is 0 Å². The Hall–Kier alpha value is -2.42. The lowest BCUT2D eigenvalue weighted by atomic mass is 9.94. The molecule has 7 nitrogen and oxygen atoms in total. The van der Waals surface area contributed by atoms with Gasteiger partial charge in [-0.05, 0) is 81.2 Å². The first-order valence-electron chi connectivity index (χ1n) is 11.0. The molecule has 2 aromatic carbocycles. The van der Waals surface area contributed by atoms with E-state index in [0.29, 0.717) is 28.0 Å². The zero-order valence-electron chi connectivity index (χ0n) is 18.6. The van der Waals surface area contributed by atoms with Crippen molar-refractivity contribution in [1.29, 1.82) is 0 Å². The summed E-state index contributed by atoms with van der Waals surface area (Å²) in [6, 6.07) is 10.2. The van der Waals surface area contributed by atoms with E-state index in [9.17, 15) is 14.7 Å². The number of aryl methyl sites for hydroxylation is 2. The Morgan fingerprint density at radius 2 is 2.03 bits per heavy atom. The van der Waals surface area contributed by atoms with Crippen LogP contribution >= 0.6 is 15.9 Å². The first-order chi connectivity index (χ1) is 15.3. The summed E-state index contributed by atoms with van der Waals surface area (Å²) in [4.78, 5) is 30.3. The molecule has 2 heterocycles. The molecule has 2 aliphatic rings. The van der Waals surface area contributed by atoms with Crippen LogP contribution in [-0.2, 0) is 10.5 Å². The largest absolute Gasteiger partial charge is 0.359 e. The van der Waals surface area contributed by atoms with E-state index in [1.54, 1.807) is 24.3 Å². The van der Waals surface area contributed by atoms with Gasteiger partial charge in [-0.2, -0.15) is 0 Å². The summed E-state index contributed by atoms with van der Waals surface area (Å²) in [6.45, 7) is 8.35. The molecule has 2 aliphatic heterocycles. The van der Waals surface area contributed by atoms with Gasteiger partial charge in [-0.15, -0.1) is 0 Å². The van der Waals surface area contributed by atoms with Crippen molar-refractivity contribution in [2.75, 3.05) is 29.9 Å². The molecule has 0 unspecified atom stereocenters. The van der Waals surface area contributed by atoms with Crippen LogP contribution in [0.2, 0.25) is 0 Å². The Balaban J connectivity index is 1.75. The van der Waals surface area contributed by atoms with Crippen molar-refractivity contribution in [2.24, 2.45) is 0 Å². The zero-order valence-corrected chi connectivity index (χ0v) is 20.2. The number of nitrogens with zero attached hydrogens (tertiary/aromatic N) is 2. The number of aliphatic hydroxyl groups is 1. The third-order valence-corrected chi connectivity index (χ3v) is 7.09. The van der Waals surface area contributed by atoms with Gasteiger partial charge < -0.3 is 15.7 Å². The van der Waals surface area contributed by atoms with Crippen molar-refractivity contribution in [2.45, 2.75) is 45.4 Å². The quantitative estimate of drug-likeness (QED) is 0.581. The molecule has 3 amide bonds. The average Bonchev–Trinajstić information content (AvgIpc) is 3.22. The fourth-order valence-corrected chi connectivity index (χ4v) is 4.98. The van der Waals surface area contributed by atoms with E-state index in [4.69, 9.17) is 0 Å². The molecule has 0 aliphatic carbocycles. The summed E-state index contributed by atoms with van der Waals surface area (Å²) in [5, 5.41) is 17.7. The van der Waals surface area contributed by atoms with Crippen LogP contribution in [0.1, 0.15) is 36.5 Å². The number of amides is 3. The highest BCUT2D eigenvalue weighted by molar-refractivity contribution is 9.10. The number of carbonyl (C=O) groups excluding carboxylic acids is 2. The van der Waals surface area contributed by atoms with Crippen LogP contribution in [0.15, 0.2) is 40.9 Å². The van der Waals surface area contributed by atoms with Gasteiger partial charge in [0.25, 0.3) is 11.6 Å². The summed E-state index contributed by atoms with van der Waals surface area (Å²) in [5.74, 6) is -0.618. The lowest BCUT2D eigenvalue weighted by molar-refractivity contribution is -0.140. The third-order valence-electron chi connectivity index (χ3n) is 6.59. The number of halogens is 1. The number of likely N-dealkylation sites (N-methyl/N-ethyl adjacent to an activating group) is 1. The van der Waals surface area contributed by atoms with Gasteiger partial charge in [-0.3, -0.25) is 14.6 Å². The van der Waals surface area contributed by atoms with Crippen LogP contribution in [0, 0.1) is 13.8 Å². The van der Waals surface area contributed by atoms with Crippen molar-refractivity contribution in [3.8, 4) is 0 Å². The predicted octanol–water partition coefficient (Wildman–Crippen LogP) is 3.86. The van der Waals surface area contributed by atoms with Gasteiger partial charge in [0.15, 0.2) is 0 Å². The Morgan fingerprint density at radius 1 is 1.25 bits per heavy atom. The lowest BCUT2D eigenvalue weighted by Crippen LogP contribution is -2.63. The Labute approximate surface area is 196 Å². The minimum absolute atomic E-state index is 0.224. The van der Waals surface area contributed by atoms with Crippen LogP contribution in [-0.4, -0.2) is 47.6 Å². The summed E-state index contributed by atoms with van der Waals surface area (Å²) >= 11 is 3.43. The molecule has 0 radical (unpaired) electrons. The molecule has 2 atom stereocenters. The van der Waals surface area contributed by atoms with E-state index >= 15 is 0 Å². The number of fused-ring (bicyclic) bond motifs is 1. The first-order valence-corrected chi connectivity index (χ1v) is 11.8. The summed E-state index contributed by atoms with van der Waals surface area (Å²) in [7, 11) is 0. The van der Waals surface area contributed by atoms with Crippen molar-refractivity contribution >= 4 is 39.2 Å². The van der Waals surface area contributed by atoms with E-state index < -0.39 is 17.7 Å². The molecule has 1 saturated heterocycles. The zero-order chi connectivity index (χ0) is 23.0. The second-order valence-corrected chi connectivity index (χ2v) is 9.45. The molecule has 0 bridgehead atoms. The third kappa shape index (κ3) is 3.91. The van der Waals surface area contributed by atoms with Crippen LogP contribution in [0.4, 0.5) is 16.2 Å². The first kappa shape index (κ1) is 22.8. The SMILES string of the molecule is CCN1CCC[C@@H]1CNC(=O)[C@@]1(O)c2cc(Br)ccc2NC(=O)N1c1ccc(C)c(C)c1. The summed E-state index contributed by atoms with van der Waals surface area (Å²) in [5.41, 5.74) is 1.00. The van der Waals surface area contributed by atoms with Crippen molar-refractivity contribution in [1.82, 2.24) is 10.2 Å².